The SMILES string of the molecule is C=C(CCO)C1CCN(C(C)C)C1. The van der Waals surface area contributed by atoms with Crippen molar-refractivity contribution in [3.8, 4) is 0 Å². The van der Waals surface area contributed by atoms with Crippen molar-refractivity contribution in [1.29, 1.82) is 0 Å². The van der Waals surface area contributed by atoms with Gasteiger partial charge in [0.2, 0.25) is 0 Å². The highest BCUT2D eigenvalue weighted by Crippen LogP contribution is 2.25. The third-order valence-electron chi connectivity index (χ3n) is 2.96. The average molecular weight is 183 g/mol. The Morgan fingerprint density at radius 2 is 2.31 bits per heavy atom. The van der Waals surface area contributed by atoms with Crippen molar-refractivity contribution in [2.45, 2.75) is 32.7 Å². The fraction of sp³-hybridized carbons (Fsp3) is 0.818. The number of nitrogens with zero attached hydrogens (tertiary/aromatic N) is 1. The Balaban J connectivity index is 2.36. The molecule has 2 heteroatoms. The molecule has 1 saturated heterocycles. The van der Waals surface area contributed by atoms with Crippen molar-refractivity contribution in [1.82, 2.24) is 4.90 Å². The molecular weight excluding hydrogens is 162 g/mol. The molecule has 1 aliphatic rings. The van der Waals surface area contributed by atoms with Crippen LogP contribution in [0.25, 0.3) is 0 Å². The Bertz CT molecular complexity index is 177. The first-order chi connectivity index (χ1) is 6.15. The van der Waals surface area contributed by atoms with Crippen LogP contribution >= 0.6 is 0 Å². The summed E-state index contributed by atoms with van der Waals surface area (Å²) in [6.07, 6.45) is 1.99. The molecule has 13 heavy (non-hydrogen) atoms. The van der Waals surface area contributed by atoms with E-state index in [2.05, 4.69) is 25.3 Å². The Kier molecular flexibility index (Phi) is 3.94. The van der Waals surface area contributed by atoms with E-state index in [1.807, 2.05) is 0 Å². The van der Waals surface area contributed by atoms with Gasteiger partial charge in [0.1, 0.15) is 0 Å². The van der Waals surface area contributed by atoms with Crippen LogP contribution in [-0.2, 0) is 0 Å². The van der Waals surface area contributed by atoms with Crippen LogP contribution in [0.1, 0.15) is 26.7 Å². The van der Waals surface area contributed by atoms with Crippen molar-refractivity contribution >= 4 is 0 Å². The van der Waals surface area contributed by atoms with Crippen LogP contribution in [0.2, 0.25) is 0 Å². The lowest BCUT2D eigenvalue weighted by atomic mass is 9.97. The maximum Gasteiger partial charge on any atom is 0.0468 e. The molecule has 1 aliphatic heterocycles. The van der Waals surface area contributed by atoms with Gasteiger partial charge in [-0.25, -0.2) is 0 Å². The van der Waals surface area contributed by atoms with Crippen LogP contribution in [0.15, 0.2) is 12.2 Å². The zero-order valence-corrected chi connectivity index (χ0v) is 8.79. The van der Waals surface area contributed by atoms with Gasteiger partial charge in [-0.2, -0.15) is 0 Å². The van der Waals surface area contributed by atoms with E-state index in [1.54, 1.807) is 0 Å². The van der Waals surface area contributed by atoms with E-state index in [0.29, 0.717) is 12.0 Å². The van der Waals surface area contributed by atoms with Crippen LogP contribution in [0.5, 0.6) is 0 Å². The Morgan fingerprint density at radius 1 is 1.62 bits per heavy atom. The van der Waals surface area contributed by atoms with Crippen molar-refractivity contribution in [3.63, 3.8) is 0 Å². The summed E-state index contributed by atoms with van der Waals surface area (Å²) in [6, 6.07) is 0.645. The second-order valence-corrected chi connectivity index (χ2v) is 4.21. The van der Waals surface area contributed by atoms with Gasteiger partial charge in [-0.1, -0.05) is 12.2 Å². The summed E-state index contributed by atoms with van der Waals surface area (Å²) >= 11 is 0. The fourth-order valence-corrected chi connectivity index (χ4v) is 1.94. The van der Waals surface area contributed by atoms with Gasteiger partial charge in [-0.15, -0.1) is 0 Å². The summed E-state index contributed by atoms with van der Waals surface area (Å²) in [6.45, 7) is 11.1. The molecule has 1 unspecified atom stereocenters. The summed E-state index contributed by atoms with van der Waals surface area (Å²) in [5, 5.41) is 8.80. The quantitative estimate of drug-likeness (QED) is 0.670. The molecule has 0 aromatic carbocycles. The van der Waals surface area contributed by atoms with E-state index >= 15 is 0 Å². The minimum Gasteiger partial charge on any atom is -0.396 e. The van der Waals surface area contributed by atoms with Crippen molar-refractivity contribution in [3.05, 3.63) is 12.2 Å². The molecule has 0 aromatic heterocycles. The second kappa shape index (κ2) is 4.77. The van der Waals surface area contributed by atoms with Crippen LogP contribution in [0.4, 0.5) is 0 Å². The first kappa shape index (κ1) is 10.7. The molecule has 1 heterocycles. The molecule has 0 amide bonds. The maximum absolute atomic E-state index is 8.80. The molecule has 1 rings (SSSR count). The van der Waals surface area contributed by atoms with Crippen molar-refractivity contribution < 1.29 is 5.11 Å². The number of hydrogen-bond acceptors (Lipinski definition) is 2. The number of rotatable bonds is 4. The predicted octanol–water partition coefficient (Wildman–Crippen LogP) is 1.66. The van der Waals surface area contributed by atoms with E-state index in [0.717, 1.165) is 13.0 Å². The van der Waals surface area contributed by atoms with Crippen LogP contribution in [0.3, 0.4) is 0 Å². The molecule has 0 aliphatic carbocycles. The van der Waals surface area contributed by atoms with Gasteiger partial charge in [-0.05, 0) is 39.2 Å². The topological polar surface area (TPSA) is 23.5 Å². The lowest BCUT2D eigenvalue weighted by molar-refractivity contribution is 0.265. The first-order valence-corrected chi connectivity index (χ1v) is 5.17. The first-order valence-electron chi connectivity index (χ1n) is 5.17. The summed E-state index contributed by atoms with van der Waals surface area (Å²) in [5.74, 6) is 0.620. The van der Waals surface area contributed by atoms with E-state index < -0.39 is 0 Å². The molecule has 0 saturated carbocycles. The highest BCUT2D eigenvalue weighted by Gasteiger charge is 2.25. The summed E-state index contributed by atoms with van der Waals surface area (Å²) in [4.78, 5) is 2.48. The lowest BCUT2D eigenvalue weighted by Gasteiger charge is -2.20. The van der Waals surface area contributed by atoms with E-state index in [9.17, 15) is 0 Å². The number of hydrogen-bond donors (Lipinski definition) is 1. The molecule has 1 atom stereocenters. The minimum atomic E-state index is 0.247. The normalized spacial score (nSPS) is 24.2. The van der Waals surface area contributed by atoms with Crippen molar-refractivity contribution in [2.24, 2.45) is 5.92 Å². The van der Waals surface area contributed by atoms with Crippen molar-refractivity contribution in [2.75, 3.05) is 19.7 Å². The van der Waals surface area contributed by atoms with E-state index in [1.165, 1.54) is 18.5 Å². The number of aliphatic hydroxyl groups excluding tert-OH is 1. The van der Waals surface area contributed by atoms with Crippen LogP contribution in [0, 0.1) is 5.92 Å². The van der Waals surface area contributed by atoms with Gasteiger partial charge in [0, 0.05) is 19.2 Å². The van der Waals surface area contributed by atoms with Crippen LogP contribution < -0.4 is 0 Å². The van der Waals surface area contributed by atoms with Gasteiger partial charge >= 0.3 is 0 Å². The highest BCUT2D eigenvalue weighted by molar-refractivity contribution is 5.04. The van der Waals surface area contributed by atoms with Gasteiger partial charge in [0.15, 0.2) is 0 Å². The zero-order chi connectivity index (χ0) is 9.84. The summed E-state index contributed by atoms with van der Waals surface area (Å²) in [5.41, 5.74) is 1.23. The van der Waals surface area contributed by atoms with Gasteiger partial charge < -0.3 is 10.0 Å². The third kappa shape index (κ3) is 2.82. The third-order valence-corrected chi connectivity index (χ3v) is 2.96. The van der Waals surface area contributed by atoms with Gasteiger partial charge in [0.25, 0.3) is 0 Å². The number of aliphatic hydroxyl groups is 1. The summed E-state index contributed by atoms with van der Waals surface area (Å²) < 4.78 is 0. The standard InChI is InChI=1S/C11H21NO/c1-9(2)12-6-4-11(8-12)10(3)5-7-13/h9,11,13H,3-8H2,1-2H3. The Hall–Kier alpha value is -0.340. The molecule has 0 spiro atoms. The largest absolute Gasteiger partial charge is 0.396 e. The fourth-order valence-electron chi connectivity index (χ4n) is 1.94. The second-order valence-electron chi connectivity index (χ2n) is 4.21. The Morgan fingerprint density at radius 3 is 2.77 bits per heavy atom. The molecule has 76 valence electrons. The monoisotopic (exact) mass is 183 g/mol. The lowest BCUT2D eigenvalue weighted by Crippen LogP contribution is -2.28. The molecule has 0 bridgehead atoms. The minimum absolute atomic E-state index is 0.247. The molecule has 0 aromatic rings. The highest BCUT2D eigenvalue weighted by atomic mass is 16.2. The summed E-state index contributed by atoms with van der Waals surface area (Å²) in [7, 11) is 0. The molecular formula is C11H21NO. The van der Waals surface area contributed by atoms with Gasteiger partial charge in [-0.3, -0.25) is 0 Å². The van der Waals surface area contributed by atoms with E-state index in [-0.39, 0.29) is 6.61 Å². The molecule has 1 N–H and O–H groups in total. The predicted molar refractivity (Wildman–Crippen MR) is 55.7 cm³/mol. The smallest absolute Gasteiger partial charge is 0.0468 e. The Labute approximate surface area is 81.2 Å². The van der Waals surface area contributed by atoms with Crippen LogP contribution in [-0.4, -0.2) is 35.7 Å². The molecule has 2 nitrogen and oxygen atoms in total. The maximum atomic E-state index is 8.80. The van der Waals surface area contributed by atoms with E-state index in [4.69, 9.17) is 5.11 Å². The molecule has 1 fully saturated rings. The number of likely N-dealkylation sites (tertiary alicyclic amines) is 1. The molecule has 0 radical (unpaired) electrons. The van der Waals surface area contributed by atoms with Gasteiger partial charge in [0.05, 0.1) is 0 Å². The average Bonchev–Trinajstić information content (AvgIpc) is 2.52. The zero-order valence-electron chi connectivity index (χ0n) is 8.79.